The average Bonchev–Trinajstić information content (AvgIpc) is 2.76. The molecule has 31 heavy (non-hydrogen) atoms. The van der Waals surface area contributed by atoms with Gasteiger partial charge in [-0.25, -0.2) is 0 Å². The lowest BCUT2D eigenvalue weighted by molar-refractivity contribution is -0.137. The quantitative estimate of drug-likeness (QED) is 0.329. The molecule has 2 aromatic carbocycles. The van der Waals surface area contributed by atoms with Crippen LogP contribution in [0.25, 0.3) is 6.08 Å². The highest BCUT2D eigenvalue weighted by Crippen LogP contribution is 2.35. The lowest BCUT2D eigenvalue weighted by Gasteiger charge is -2.19. The van der Waals surface area contributed by atoms with Crippen LogP contribution in [0, 0.1) is 0 Å². The van der Waals surface area contributed by atoms with Crippen LogP contribution in [-0.2, 0) is 17.5 Å². The van der Waals surface area contributed by atoms with E-state index in [1.807, 2.05) is 30.3 Å². The van der Waals surface area contributed by atoms with Gasteiger partial charge in [0, 0.05) is 23.5 Å². The van der Waals surface area contributed by atoms with E-state index in [0.29, 0.717) is 11.1 Å². The van der Waals surface area contributed by atoms with Crippen molar-refractivity contribution in [1.29, 1.82) is 0 Å². The predicted molar refractivity (Wildman–Crippen MR) is 114 cm³/mol. The third kappa shape index (κ3) is 5.96. The maximum atomic E-state index is 13.1. The Bertz CT molecular complexity index is 1070. The van der Waals surface area contributed by atoms with Gasteiger partial charge < -0.3 is 9.84 Å². The molecule has 1 unspecified atom stereocenters. The standard InChI is InChI=1S/C24H19ClF3NO2/c1-16(31-15-18-9-10-22(25)21(13-18)24(26,27)28)20(12-17-6-3-2-4-7-17)23(30)19-8-5-11-29-14-19/h2-14,23,30H,1,15H2/b20-12+. The molecule has 1 atom stereocenters. The Kier molecular flexibility index (Phi) is 7.15. The highest BCUT2D eigenvalue weighted by molar-refractivity contribution is 6.31. The Balaban J connectivity index is 1.85. The summed E-state index contributed by atoms with van der Waals surface area (Å²) in [6.45, 7) is 3.71. The first kappa shape index (κ1) is 22.6. The molecule has 1 aromatic heterocycles. The minimum absolute atomic E-state index is 0.128. The van der Waals surface area contributed by atoms with Crippen LogP contribution < -0.4 is 0 Å². The minimum atomic E-state index is -4.57. The largest absolute Gasteiger partial charge is 0.489 e. The molecule has 0 aliphatic rings. The zero-order chi connectivity index (χ0) is 22.4. The van der Waals surface area contributed by atoms with Gasteiger partial charge in [-0.1, -0.05) is 60.6 Å². The number of hydrogen-bond acceptors (Lipinski definition) is 3. The topological polar surface area (TPSA) is 42.4 Å². The number of pyridine rings is 1. The molecular weight excluding hydrogens is 427 g/mol. The monoisotopic (exact) mass is 445 g/mol. The van der Waals surface area contributed by atoms with Gasteiger partial charge in [0.05, 0.1) is 10.6 Å². The van der Waals surface area contributed by atoms with Crippen LogP contribution in [0.15, 0.2) is 91.0 Å². The Labute approximate surface area is 183 Å². The number of alkyl halides is 3. The second-order valence-corrected chi connectivity index (χ2v) is 7.13. The van der Waals surface area contributed by atoms with E-state index >= 15 is 0 Å². The van der Waals surface area contributed by atoms with Crippen LogP contribution in [0.3, 0.4) is 0 Å². The van der Waals surface area contributed by atoms with E-state index in [1.165, 1.54) is 18.3 Å². The number of aliphatic hydroxyl groups is 1. The first-order valence-corrected chi connectivity index (χ1v) is 9.66. The molecule has 0 aliphatic carbocycles. The van der Waals surface area contributed by atoms with Crippen molar-refractivity contribution in [2.75, 3.05) is 0 Å². The molecule has 0 spiro atoms. The second-order valence-electron chi connectivity index (χ2n) is 6.72. The zero-order valence-corrected chi connectivity index (χ0v) is 17.1. The number of aliphatic hydroxyl groups excluding tert-OH is 1. The normalized spacial score (nSPS) is 13.0. The molecular formula is C24H19ClF3NO2. The van der Waals surface area contributed by atoms with Crippen LogP contribution in [0.4, 0.5) is 13.2 Å². The summed E-state index contributed by atoms with van der Waals surface area (Å²) < 4.78 is 45.0. The molecule has 7 heteroatoms. The molecule has 0 fully saturated rings. The van der Waals surface area contributed by atoms with Crippen molar-refractivity contribution in [3.63, 3.8) is 0 Å². The first-order valence-electron chi connectivity index (χ1n) is 9.28. The van der Waals surface area contributed by atoms with Crippen molar-refractivity contribution in [2.24, 2.45) is 0 Å². The maximum absolute atomic E-state index is 13.1. The highest BCUT2D eigenvalue weighted by Gasteiger charge is 2.33. The van der Waals surface area contributed by atoms with Crippen LogP contribution in [-0.4, -0.2) is 10.1 Å². The molecule has 0 radical (unpaired) electrons. The van der Waals surface area contributed by atoms with Gasteiger partial charge in [0.1, 0.15) is 18.5 Å². The van der Waals surface area contributed by atoms with Gasteiger partial charge in [-0.05, 0) is 35.4 Å². The molecule has 160 valence electrons. The Morgan fingerprint density at radius 1 is 1.13 bits per heavy atom. The summed E-state index contributed by atoms with van der Waals surface area (Å²) in [6.07, 6.45) is -0.841. The maximum Gasteiger partial charge on any atom is 0.417 e. The van der Waals surface area contributed by atoms with E-state index in [1.54, 1.807) is 24.4 Å². The summed E-state index contributed by atoms with van der Waals surface area (Å²) in [5.74, 6) is 0.128. The van der Waals surface area contributed by atoms with Gasteiger partial charge in [-0.15, -0.1) is 0 Å². The van der Waals surface area contributed by atoms with Gasteiger partial charge >= 0.3 is 6.18 Å². The van der Waals surface area contributed by atoms with Gasteiger partial charge in [0.2, 0.25) is 0 Å². The van der Waals surface area contributed by atoms with Crippen LogP contribution in [0.2, 0.25) is 5.02 Å². The number of benzene rings is 2. The second kappa shape index (κ2) is 9.81. The summed E-state index contributed by atoms with van der Waals surface area (Å²) >= 11 is 5.67. The molecule has 3 rings (SSSR count). The van der Waals surface area contributed by atoms with Gasteiger partial charge in [-0.2, -0.15) is 13.2 Å². The first-order chi connectivity index (χ1) is 14.8. The molecule has 3 nitrogen and oxygen atoms in total. The molecule has 1 N–H and O–H groups in total. The van der Waals surface area contributed by atoms with E-state index in [2.05, 4.69) is 11.6 Å². The van der Waals surface area contributed by atoms with Gasteiger partial charge in [0.25, 0.3) is 0 Å². The molecule has 0 saturated heterocycles. The Morgan fingerprint density at radius 3 is 2.52 bits per heavy atom. The van der Waals surface area contributed by atoms with Crippen LogP contribution in [0.5, 0.6) is 0 Å². The number of nitrogens with zero attached hydrogens (tertiary/aromatic N) is 1. The molecule has 0 amide bonds. The molecule has 3 aromatic rings. The van der Waals surface area contributed by atoms with Gasteiger partial charge in [-0.3, -0.25) is 4.98 Å². The van der Waals surface area contributed by atoms with Crippen molar-refractivity contribution in [2.45, 2.75) is 18.9 Å². The van der Waals surface area contributed by atoms with Crippen molar-refractivity contribution in [3.8, 4) is 0 Å². The Hall–Kier alpha value is -3.09. The minimum Gasteiger partial charge on any atom is -0.489 e. The van der Waals surface area contributed by atoms with Crippen LogP contribution in [0.1, 0.15) is 28.4 Å². The third-order valence-corrected chi connectivity index (χ3v) is 4.82. The summed E-state index contributed by atoms with van der Waals surface area (Å²) in [7, 11) is 0. The van der Waals surface area contributed by atoms with E-state index in [0.717, 1.165) is 11.6 Å². The fourth-order valence-corrected chi connectivity index (χ4v) is 3.12. The van der Waals surface area contributed by atoms with E-state index in [9.17, 15) is 18.3 Å². The molecule has 1 heterocycles. The van der Waals surface area contributed by atoms with Crippen molar-refractivity contribution in [3.05, 3.63) is 118 Å². The van der Waals surface area contributed by atoms with Crippen molar-refractivity contribution >= 4 is 17.7 Å². The SMILES string of the molecule is C=C(OCc1ccc(Cl)c(C(F)(F)F)c1)/C(=C\c1ccccc1)C(O)c1cccnc1. The summed E-state index contributed by atoms with van der Waals surface area (Å²) in [6, 6.07) is 16.2. The number of rotatable bonds is 7. The van der Waals surface area contributed by atoms with E-state index in [-0.39, 0.29) is 23.0 Å². The molecule has 0 aliphatic heterocycles. The Morgan fingerprint density at radius 2 is 1.87 bits per heavy atom. The van der Waals surface area contributed by atoms with E-state index < -0.39 is 17.8 Å². The molecule has 0 saturated carbocycles. The smallest absolute Gasteiger partial charge is 0.417 e. The van der Waals surface area contributed by atoms with Crippen molar-refractivity contribution in [1.82, 2.24) is 4.98 Å². The number of aromatic nitrogens is 1. The molecule has 0 bridgehead atoms. The lowest BCUT2D eigenvalue weighted by Crippen LogP contribution is -2.08. The summed E-state index contributed by atoms with van der Waals surface area (Å²) in [5, 5.41) is 10.5. The summed E-state index contributed by atoms with van der Waals surface area (Å²) in [5.41, 5.74) is 1.03. The summed E-state index contributed by atoms with van der Waals surface area (Å²) in [4.78, 5) is 4.01. The average molecular weight is 446 g/mol. The number of ether oxygens (including phenoxy) is 1. The van der Waals surface area contributed by atoms with Crippen LogP contribution >= 0.6 is 11.6 Å². The fourth-order valence-electron chi connectivity index (χ4n) is 2.89. The zero-order valence-electron chi connectivity index (χ0n) is 16.3. The third-order valence-electron chi connectivity index (χ3n) is 4.49. The number of halogens is 4. The fraction of sp³-hybridized carbons (Fsp3) is 0.125. The highest BCUT2D eigenvalue weighted by atomic mass is 35.5. The lowest BCUT2D eigenvalue weighted by atomic mass is 9.99. The number of hydrogen-bond donors (Lipinski definition) is 1. The van der Waals surface area contributed by atoms with E-state index in [4.69, 9.17) is 16.3 Å². The van der Waals surface area contributed by atoms with Crippen molar-refractivity contribution < 1.29 is 23.0 Å². The predicted octanol–water partition coefficient (Wildman–Crippen LogP) is 6.60. The van der Waals surface area contributed by atoms with Gasteiger partial charge in [0.15, 0.2) is 0 Å².